The van der Waals surface area contributed by atoms with Gasteiger partial charge in [0.2, 0.25) is 0 Å². The van der Waals surface area contributed by atoms with E-state index in [2.05, 4.69) is 78.9 Å². The Kier molecular flexibility index (Phi) is 7.20. The van der Waals surface area contributed by atoms with Crippen molar-refractivity contribution in [1.29, 1.82) is 0 Å². The minimum absolute atomic E-state index is 0.117. The van der Waals surface area contributed by atoms with Gasteiger partial charge < -0.3 is 9.32 Å². The molecule has 0 spiro atoms. The van der Waals surface area contributed by atoms with E-state index in [9.17, 15) is 5.48 Å². The third kappa shape index (κ3) is 5.82. The Labute approximate surface area is 343 Å². The van der Waals surface area contributed by atoms with Crippen molar-refractivity contribution in [1.82, 2.24) is 0 Å². The van der Waals surface area contributed by atoms with Crippen LogP contribution in [0.5, 0.6) is 0 Å². The van der Waals surface area contributed by atoms with Gasteiger partial charge in [-0.2, -0.15) is 0 Å². The highest BCUT2D eigenvalue weighted by atomic mass is 16.3. The minimum Gasteiger partial charge on any atom is -0.455 e. The highest BCUT2D eigenvalue weighted by Gasteiger charge is 2.21. The molecular weight excluding hydrogens is 703 g/mol. The molecule has 0 unspecified atom stereocenters. The highest BCUT2D eigenvalue weighted by molar-refractivity contribution is 6.19. The van der Waals surface area contributed by atoms with E-state index in [1.54, 1.807) is 0 Å². The summed E-state index contributed by atoms with van der Waals surface area (Å²) in [6.07, 6.45) is 0. The summed E-state index contributed by atoms with van der Waals surface area (Å²) < 4.78 is 45.5. The predicted molar refractivity (Wildman–Crippen MR) is 245 cm³/mol. The number of rotatable bonds is 7. The topological polar surface area (TPSA) is 16.4 Å². The van der Waals surface area contributed by atoms with Crippen molar-refractivity contribution in [3.63, 3.8) is 0 Å². The molecular formula is C56H37NO. The summed E-state index contributed by atoms with van der Waals surface area (Å²) in [6.45, 7) is 0. The Morgan fingerprint density at radius 3 is 1.83 bits per heavy atom. The van der Waals surface area contributed by atoms with Gasteiger partial charge in [0.15, 0.2) is 0 Å². The lowest BCUT2D eigenvalue weighted by Gasteiger charge is -2.28. The Hall–Kier alpha value is -7.68. The van der Waals surface area contributed by atoms with E-state index in [0.29, 0.717) is 16.9 Å². The number of para-hydroxylation sites is 1. The Bertz CT molecular complexity index is 3510. The first-order valence-corrected chi connectivity index (χ1v) is 19.5. The smallest absolute Gasteiger partial charge is 0.143 e. The molecule has 0 aliphatic heterocycles. The maximum absolute atomic E-state index is 9.81. The Balaban J connectivity index is 1.16. The van der Waals surface area contributed by atoms with Gasteiger partial charge >= 0.3 is 0 Å². The highest BCUT2D eigenvalue weighted by Crippen LogP contribution is 2.46. The lowest BCUT2D eigenvalue weighted by atomic mass is 9.95. The summed E-state index contributed by atoms with van der Waals surface area (Å²) in [5, 5.41) is 6.30. The van der Waals surface area contributed by atoms with E-state index in [-0.39, 0.29) is 35.4 Å². The SMILES string of the molecule is [2H]c1c([2H])c(N(c2cccc(-c3cccc4ccccc34)c2)c2ccccc2-c2cccc3oc4c5ccccc5ccc4c23)c([2H])c([2H])c1-c1cccc(-c2ccccc2)c1. The van der Waals surface area contributed by atoms with Crippen molar-refractivity contribution in [3.05, 3.63) is 224 Å². The fourth-order valence-electron chi connectivity index (χ4n) is 8.40. The summed E-state index contributed by atoms with van der Waals surface area (Å²) in [7, 11) is 0. The molecule has 0 radical (unpaired) electrons. The van der Waals surface area contributed by atoms with Crippen LogP contribution >= 0.6 is 0 Å². The van der Waals surface area contributed by atoms with Crippen LogP contribution in [-0.4, -0.2) is 0 Å². The Morgan fingerprint density at radius 2 is 0.966 bits per heavy atom. The first kappa shape index (κ1) is 29.6. The van der Waals surface area contributed by atoms with Gasteiger partial charge in [0.1, 0.15) is 11.2 Å². The van der Waals surface area contributed by atoms with Crippen LogP contribution in [0, 0.1) is 0 Å². The normalized spacial score (nSPS) is 12.4. The maximum Gasteiger partial charge on any atom is 0.143 e. The molecule has 1 aromatic heterocycles. The molecule has 272 valence electrons. The van der Waals surface area contributed by atoms with E-state index >= 15 is 0 Å². The van der Waals surface area contributed by atoms with Crippen molar-refractivity contribution in [2.75, 3.05) is 4.90 Å². The van der Waals surface area contributed by atoms with Crippen molar-refractivity contribution in [3.8, 4) is 44.5 Å². The van der Waals surface area contributed by atoms with Crippen LogP contribution in [0.15, 0.2) is 229 Å². The molecule has 0 bridgehead atoms. The molecule has 0 atom stereocenters. The van der Waals surface area contributed by atoms with Gasteiger partial charge in [0.05, 0.1) is 11.2 Å². The summed E-state index contributed by atoms with van der Waals surface area (Å²) >= 11 is 0. The van der Waals surface area contributed by atoms with E-state index in [1.165, 1.54) is 0 Å². The average Bonchev–Trinajstić information content (AvgIpc) is 3.72. The van der Waals surface area contributed by atoms with Gasteiger partial charge in [0, 0.05) is 33.1 Å². The van der Waals surface area contributed by atoms with E-state index in [1.807, 2.05) is 126 Å². The molecule has 1 heterocycles. The molecule has 0 saturated carbocycles. The van der Waals surface area contributed by atoms with Gasteiger partial charge in [0.25, 0.3) is 0 Å². The number of hydrogen-bond donors (Lipinski definition) is 0. The standard InChI is InChI=1S/C56H37NO/c1-2-14-38(15-3-1)42-19-10-20-43(36-42)39-30-33-45(34-31-39)57(46-22-11-21-44(37-46)48-26-12-18-40-16-4-6-23-47(40)48)53-28-9-8-25-50(53)51-27-13-29-54-55(51)52-35-32-41-17-5-7-24-49(41)56(52)58-54/h1-37H/i30D,31D,33D,34D. The van der Waals surface area contributed by atoms with Crippen LogP contribution in [0.3, 0.4) is 0 Å². The summed E-state index contributed by atoms with van der Waals surface area (Å²) in [5.41, 5.74) is 9.69. The number of benzene rings is 10. The zero-order valence-electron chi connectivity index (χ0n) is 35.4. The zero-order valence-corrected chi connectivity index (χ0v) is 31.4. The number of hydrogen-bond acceptors (Lipinski definition) is 2. The quantitative estimate of drug-likeness (QED) is 0.162. The van der Waals surface area contributed by atoms with Gasteiger partial charge in [-0.25, -0.2) is 0 Å². The number of nitrogens with zero attached hydrogens (tertiary/aromatic N) is 1. The molecule has 58 heavy (non-hydrogen) atoms. The molecule has 11 rings (SSSR count). The van der Waals surface area contributed by atoms with Crippen molar-refractivity contribution in [2.45, 2.75) is 0 Å². The lowest BCUT2D eigenvalue weighted by Crippen LogP contribution is -2.11. The molecule has 0 amide bonds. The zero-order chi connectivity index (χ0) is 41.9. The molecule has 0 aliphatic carbocycles. The molecule has 0 N–H and O–H groups in total. The van der Waals surface area contributed by atoms with Gasteiger partial charge in [-0.15, -0.1) is 0 Å². The molecule has 11 aromatic rings. The van der Waals surface area contributed by atoms with Gasteiger partial charge in [-0.05, 0) is 104 Å². The Morgan fingerprint density at radius 1 is 0.362 bits per heavy atom. The van der Waals surface area contributed by atoms with E-state index in [4.69, 9.17) is 4.42 Å². The fraction of sp³-hybridized carbons (Fsp3) is 0. The third-order valence-electron chi connectivity index (χ3n) is 11.1. The molecule has 0 aliphatic rings. The van der Waals surface area contributed by atoms with Crippen LogP contribution in [-0.2, 0) is 0 Å². The van der Waals surface area contributed by atoms with E-state index < -0.39 is 0 Å². The minimum atomic E-state index is -0.144. The van der Waals surface area contributed by atoms with Crippen LogP contribution in [0.4, 0.5) is 17.1 Å². The maximum atomic E-state index is 9.81. The largest absolute Gasteiger partial charge is 0.455 e. The monoisotopic (exact) mass is 743 g/mol. The van der Waals surface area contributed by atoms with E-state index in [0.717, 1.165) is 76.9 Å². The van der Waals surface area contributed by atoms with Crippen LogP contribution in [0.1, 0.15) is 5.48 Å². The fourth-order valence-corrected chi connectivity index (χ4v) is 8.40. The summed E-state index contributed by atoms with van der Waals surface area (Å²) in [4.78, 5) is 1.91. The predicted octanol–water partition coefficient (Wildman–Crippen LogP) is 16.0. The van der Waals surface area contributed by atoms with Crippen LogP contribution in [0.2, 0.25) is 0 Å². The second kappa shape index (κ2) is 14.1. The lowest BCUT2D eigenvalue weighted by molar-refractivity contribution is 0.673. The average molecular weight is 744 g/mol. The van der Waals surface area contributed by atoms with Crippen molar-refractivity contribution in [2.24, 2.45) is 0 Å². The number of fused-ring (bicyclic) bond motifs is 6. The molecule has 2 nitrogen and oxygen atoms in total. The first-order chi connectivity index (χ1) is 30.4. The number of anilines is 3. The van der Waals surface area contributed by atoms with Gasteiger partial charge in [-0.1, -0.05) is 176 Å². The van der Waals surface area contributed by atoms with Gasteiger partial charge in [-0.3, -0.25) is 0 Å². The third-order valence-corrected chi connectivity index (χ3v) is 11.1. The second-order valence-electron chi connectivity index (χ2n) is 14.5. The molecule has 0 saturated heterocycles. The summed E-state index contributed by atoms with van der Waals surface area (Å²) in [6, 6.07) is 66.5. The molecule has 2 heteroatoms. The van der Waals surface area contributed by atoms with Crippen molar-refractivity contribution < 1.29 is 9.90 Å². The molecule has 0 fully saturated rings. The molecule has 10 aromatic carbocycles. The second-order valence-corrected chi connectivity index (χ2v) is 14.5. The van der Waals surface area contributed by atoms with Crippen molar-refractivity contribution >= 4 is 60.5 Å². The summed E-state index contributed by atoms with van der Waals surface area (Å²) in [5.74, 6) is 0. The first-order valence-electron chi connectivity index (χ1n) is 21.5. The van der Waals surface area contributed by atoms with Crippen LogP contribution in [0.25, 0.3) is 88.0 Å². The number of furan rings is 1. The van der Waals surface area contributed by atoms with Crippen LogP contribution < -0.4 is 4.90 Å².